The van der Waals surface area contributed by atoms with Crippen molar-refractivity contribution in [2.24, 2.45) is 0 Å². The molecule has 3 aromatic rings. The van der Waals surface area contributed by atoms with Crippen LogP contribution in [0.1, 0.15) is 11.1 Å². The molecule has 96 valence electrons. The van der Waals surface area contributed by atoms with E-state index in [0.29, 0.717) is 10.7 Å². The first-order valence-corrected chi connectivity index (χ1v) is 6.67. The minimum atomic E-state index is 0.640. The number of anilines is 1. The van der Waals surface area contributed by atoms with Crippen LogP contribution in [0.25, 0.3) is 10.8 Å². The Labute approximate surface area is 123 Å². The van der Waals surface area contributed by atoms with Crippen LogP contribution >= 0.6 is 11.6 Å². The van der Waals surface area contributed by atoms with Crippen LogP contribution in [0.5, 0.6) is 0 Å². The Morgan fingerprint density at radius 1 is 0.800 bits per heavy atom. The zero-order valence-electron chi connectivity index (χ0n) is 10.7. The zero-order chi connectivity index (χ0) is 13.9. The summed E-state index contributed by atoms with van der Waals surface area (Å²) in [4.78, 5) is 0. The Balaban J connectivity index is 2.11. The lowest BCUT2D eigenvalue weighted by Crippen LogP contribution is -1.89. The van der Waals surface area contributed by atoms with Gasteiger partial charge in [-0.15, -0.1) is 0 Å². The molecule has 1 nitrogen and oxygen atoms in total. The van der Waals surface area contributed by atoms with Crippen molar-refractivity contribution in [3.05, 3.63) is 76.8 Å². The molecule has 20 heavy (non-hydrogen) atoms. The third-order valence-electron chi connectivity index (χ3n) is 3.14. The van der Waals surface area contributed by atoms with Crippen LogP contribution in [0, 0.1) is 11.8 Å². The topological polar surface area (TPSA) is 26.0 Å². The quantitative estimate of drug-likeness (QED) is 0.476. The maximum Gasteiger partial charge on any atom is 0.0493 e. The van der Waals surface area contributed by atoms with Gasteiger partial charge in [0.2, 0.25) is 0 Å². The third kappa shape index (κ3) is 2.47. The van der Waals surface area contributed by atoms with E-state index in [1.807, 2.05) is 24.3 Å². The summed E-state index contributed by atoms with van der Waals surface area (Å²) in [5.41, 5.74) is 8.29. The van der Waals surface area contributed by atoms with Gasteiger partial charge in [0.05, 0.1) is 0 Å². The molecule has 0 aliphatic carbocycles. The van der Waals surface area contributed by atoms with Gasteiger partial charge in [-0.2, -0.15) is 0 Å². The summed E-state index contributed by atoms with van der Waals surface area (Å²) in [6.45, 7) is 0. The summed E-state index contributed by atoms with van der Waals surface area (Å²) in [6, 6.07) is 19.6. The van der Waals surface area contributed by atoms with Gasteiger partial charge in [0.25, 0.3) is 0 Å². The number of fused-ring (bicyclic) bond motifs is 1. The van der Waals surface area contributed by atoms with Gasteiger partial charge in [-0.25, -0.2) is 0 Å². The SMILES string of the molecule is Nc1ccc(Cl)cc1C#Cc1cccc2ccccc12. The standard InChI is InChI=1S/C18H12ClN/c19-16-10-11-18(20)15(12-16)9-8-14-6-3-5-13-4-1-2-7-17(13)14/h1-7,10-12H,20H2. The summed E-state index contributed by atoms with van der Waals surface area (Å²) in [5, 5.41) is 2.96. The van der Waals surface area contributed by atoms with Crippen molar-refractivity contribution in [3.63, 3.8) is 0 Å². The molecule has 0 bridgehead atoms. The van der Waals surface area contributed by atoms with Gasteiger partial charge in [0.1, 0.15) is 0 Å². The molecule has 0 aliphatic heterocycles. The Morgan fingerprint density at radius 2 is 1.55 bits per heavy atom. The van der Waals surface area contributed by atoms with E-state index in [-0.39, 0.29) is 0 Å². The highest BCUT2D eigenvalue weighted by atomic mass is 35.5. The van der Waals surface area contributed by atoms with Crippen molar-refractivity contribution in [2.45, 2.75) is 0 Å². The van der Waals surface area contributed by atoms with Gasteiger partial charge in [-0.3, -0.25) is 0 Å². The summed E-state index contributed by atoms with van der Waals surface area (Å²) in [7, 11) is 0. The second kappa shape index (κ2) is 5.28. The van der Waals surface area contributed by atoms with Gasteiger partial charge in [0.15, 0.2) is 0 Å². The molecule has 3 aromatic carbocycles. The van der Waals surface area contributed by atoms with Crippen molar-refractivity contribution >= 4 is 28.1 Å². The molecule has 0 saturated heterocycles. The molecule has 0 aliphatic rings. The molecular formula is C18H12ClN. The molecule has 2 heteroatoms. The maximum absolute atomic E-state index is 5.97. The van der Waals surface area contributed by atoms with E-state index in [9.17, 15) is 0 Å². The minimum Gasteiger partial charge on any atom is -0.398 e. The van der Waals surface area contributed by atoms with E-state index in [1.165, 1.54) is 5.39 Å². The monoisotopic (exact) mass is 277 g/mol. The van der Waals surface area contributed by atoms with E-state index >= 15 is 0 Å². The predicted molar refractivity (Wildman–Crippen MR) is 85.8 cm³/mol. The second-order valence-corrected chi connectivity index (χ2v) is 4.94. The lowest BCUT2D eigenvalue weighted by Gasteiger charge is -2.00. The first kappa shape index (κ1) is 12.6. The van der Waals surface area contributed by atoms with Crippen LogP contribution in [-0.2, 0) is 0 Å². The van der Waals surface area contributed by atoms with Crippen molar-refractivity contribution in [3.8, 4) is 11.8 Å². The molecule has 0 fully saturated rings. The predicted octanol–water partition coefficient (Wildman–Crippen LogP) is 4.48. The van der Waals surface area contributed by atoms with Crippen LogP contribution < -0.4 is 5.73 Å². The Bertz CT molecular complexity index is 835. The molecule has 0 radical (unpaired) electrons. The smallest absolute Gasteiger partial charge is 0.0493 e. The summed E-state index contributed by atoms with van der Waals surface area (Å²) in [6.07, 6.45) is 0. The molecule has 0 aromatic heterocycles. The van der Waals surface area contributed by atoms with Crippen LogP contribution in [0.4, 0.5) is 5.69 Å². The number of halogens is 1. The number of nitrogen functional groups attached to an aromatic ring is 1. The number of rotatable bonds is 0. The Kier molecular flexibility index (Phi) is 3.33. The molecule has 0 amide bonds. The van der Waals surface area contributed by atoms with Gasteiger partial charge >= 0.3 is 0 Å². The number of nitrogens with two attached hydrogens (primary N) is 1. The van der Waals surface area contributed by atoms with Gasteiger partial charge < -0.3 is 5.73 Å². The van der Waals surface area contributed by atoms with E-state index in [0.717, 1.165) is 16.5 Å². The summed E-state index contributed by atoms with van der Waals surface area (Å²) >= 11 is 5.97. The fraction of sp³-hybridized carbons (Fsp3) is 0. The summed E-state index contributed by atoms with van der Waals surface area (Å²) in [5.74, 6) is 6.29. The molecule has 3 rings (SSSR count). The molecule has 0 saturated carbocycles. The van der Waals surface area contributed by atoms with Crippen LogP contribution in [0.15, 0.2) is 60.7 Å². The van der Waals surface area contributed by atoms with E-state index in [2.05, 4.69) is 30.0 Å². The van der Waals surface area contributed by atoms with Gasteiger partial charge in [-0.05, 0) is 35.0 Å². The number of benzene rings is 3. The van der Waals surface area contributed by atoms with E-state index in [1.54, 1.807) is 18.2 Å². The highest BCUT2D eigenvalue weighted by Gasteiger charge is 1.98. The van der Waals surface area contributed by atoms with Crippen LogP contribution in [-0.4, -0.2) is 0 Å². The second-order valence-electron chi connectivity index (χ2n) is 4.51. The van der Waals surface area contributed by atoms with Crippen LogP contribution in [0.2, 0.25) is 5.02 Å². The third-order valence-corrected chi connectivity index (χ3v) is 3.37. The Morgan fingerprint density at radius 3 is 2.45 bits per heavy atom. The largest absolute Gasteiger partial charge is 0.398 e. The fourth-order valence-corrected chi connectivity index (χ4v) is 2.28. The number of hydrogen-bond acceptors (Lipinski definition) is 1. The molecule has 0 heterocycles. The first-order chi connectivity index (χ1) is 9.74. The van der Waals surface area contributed by atoms with Crippen molar-refractivity contribution in [1.82, 2.24) is 0 Å². The average Bonchev–Trinajstić information content (AvgIpc) is 2.48. The number of hydrogen-bond donors (Lipinski definition) is 1. The molecule has 0 atom stereocenters. The fourth-order valence-electron chi connectivity index (χ4n) is 2.11. The highest BCUT2D eigenvalue weighted by Crippen LogP contribution is 2.19. The molecule has 2 N–H and O–H groups in total. The lowest BCUT2D eigenvalue weighted by atomic mass is 10.0. The van der Waals surface area contributed by atoms with Crippen molar-refractivity contribution in [1.29, 1.82) is 0 Å². The Hall–Kier alpha value is -2.43. The van der Waals surface area contributed by atoms with Gasteiger partial charge in [-0.1, -0.05) is 59.8 Å². The van der Waals surface area contributed by atoms with E-state index < -0.39 is 0 Å². The first-order valence-electron chi connectivity index (χ1n) is 6.29. The minimum absolute atomic E-state index is 0.640. The average molecular weight is 278 g/mol. The maximum atomic E-state index is 5.97. The summed E-state index contributed by atoms with van der Waals surface area (Å²) < 4.78 is 0. The molecule has 0 spiro atoms. The van der Waals surface area contributed by atoms with Crippen LogP contribution in [0.3, 0.4) is 0 Å². The van der Waals surface area contributed by atoms with Crippen molar-refractivity contribution in [2.75, 3.05) is 5.73 Å². The molecule has 0 unspecified atom stereocenters. The van der Waals surface area contributed by atoms with Gasteiger partial charge in [0, 0.05) is 21.8 Å². The lowest BCUT2D eigenvalue weighted by molar-refractivity contribution is 1.62. The van der Waals surface area contributed by atoms with Crippen molar-refractivity contribution < 1.29 is 0 Å². The molecular weight excluding hydrogens is 266 g/mol. The van der Waals surface area contributed by atoms with E-state index in [4.69, 9.17) is 17.3 Å². The zero-order valence-corrected chi connectivity index (χ0v) is 11.5. The highest BCUT2D eigenvalue weighted by molar-refractivity contribution is 6.30. The normalized spacial score (nSPS) is 10.1.